The molecule has 2 aromatic rings. The lowest BCUT2D eigenvalue weighted by Crippen LogP contribution is -1.97. The molecule has 0 amide bonds. The first-order chi connectivity index (χ1) is 6.77. The normalized spacial score (nSPS) is 12.7. The fraction of sp³-hybridized carbons (Fsp3) is 0.0909. The molecular formula is C11H9BrOS. The summed E-state index contributed by atoms with van der Waals surface area (Å²) in [4.78, 5) is 0. The molecule has 0 bridgehead atoms. The van der Waals surface area contributed by atoms with Gasteiger partial charge in [0.05, 0.1) is 0 Å². The Bertz CT molecular complexity index is 411. The first kappa shape index (κ1) is 9.90. The summed E-state index contributed by atoms with van der Waals surface area (Å²) in [5.74, 6) is 0. The Kier molecular flexibility index (Phi) is 3.01. The van der Waals surface area contributed by atoms with Crippen molar-refractivity contribution >= 4 is 27.3 Å². The van der Waals surface area contributed by atoms with Crippen molar-refractivity contribution in [2.45, 2.75) is 6.10 Å². The van der Waals surface area contributed by atoms with Crippen LogP contribution in [0.1, 0.15) is 17.2 Å². The SMILES string of the molecule is O[C@@H](c1ccsc1)c1cccc(Br)c1. The minimum Gasteiger partial charge on any atom is -0.384 e. The molecule has 1 atom stereocenters. The summed E-state index contributed by atoms with van der Waals surface area (Å²) in [5.41, 5.74) is 1.87. The molecule has 1 aromatic heterocycles. The highest BCUT2D eigenvalue weighted by Crippen LogP contribution is 2.25. The van der Waals surface area contributed by atoms with Gasteiger partial charge in [0.2, 0.25) is 0 Å². The number of aliphatic hydroxyl groups excluding tert-OH is 1. The summed E-state index contributed by atoms with van der Waals surface area (Å²) in [7, 11) is 0. The summed E-state index contributed by atoms with van der Waals surface area (Å²) < 4.78 is 0.990. The number of hydrogen-bond donors (Lipinski definition) is 1. The van der Waals surface area contributed by atoms with E-state index in [9.17, 15) is 5.11 Å². The van der Waals surface area contributed by atoms with Crippen LogP contribution in [-0.2, 0) is 0 Å². The molecule has 0 unspecified atom stereocenters. The van der Waals surface area contributed by atoms with Gasteiger partial charge in [0.25, 0.3) is 0 Å². The molecule has 1 N–H and O–H groups in total. The second-order valence-corrected chi connectivity index (χ2v) is 4.71. The second kappa shape index (κ2) is 4.26. The molecule has 72 valence electrons. The minimum absolute atomic E-state index is 0.515. The summed E-state index contributed by atoms with van der Waals surface area (Å²) in [6, 6.07) is 9.67. The maximum atomic E-state index is 9.99. The van der Waals surface area contributed by atoms with Crippen LogP contribution in [-0.4, -0.2) is 5.11 Å². The Morgan fingerprint density at radius 2 is 2.07 bits per heavy atom. The number of halogens is 1. The van der Waals surface area contributed by atoms with Crippen LogP contribution < -0.4 is 0 Å². The van der Waals surface area contributed by atoms with Crippen molar-refractivity contribution in [3.05, 3.63) is 56.7 Å². The molecule has 0 saturated heterocycles. The number of aliphatic hydroxyl groups is 1. The van der Waals surface area contributed by atoms with Gasteiger partial charge in [-0.15, -0.1) is 0 Å². The summed E-state index contributed by atoms with van der Waals surface area (Å²) >= 11 is 4.98. The van der Waals surface area contributed by atoms with E-state index in [1.165, 1.54) is 0 Å². The number of thiophene rings is 1. The molecule has 14 heavy (non-hydrogen) atoms. The van der Waals surface area contributed by atoms with Crippen LogP contribution in [0, 0.1) is 0 Å². The maximum absolute atomic E-state index is 9.99. The topological polar surface area (TPSA) is 20.2 Å². The Morgan fingerprint density at radius 1 is 1.21 bits per heavy atom. The van der Waals surface area contributed by atoms with Gasteiger partial charge in [-0.25, -0.2) is 0 Å². The number of hydrogen-bond acceptors (Lipinski definition) is 2. The Labute approximate surface area is 95.2 Å². The standard InChI is InChI=1S/C11H9BrOS/c12-10-3-1-2-8(6-10)11(13)9-4-5-14-7-9/h1-7,11,13H/t11-/m1/s1. The monoisotopic (exact) mass is 268 g/mol. The molecule has 2 rings (SSSR count). The summed E-state index contributed by atoms with van der Waals surface area (Å²) in [5, 5.41) is 13.9. The van der Waals surface area contributed by atoms with E-state index in [4.69, 9.17) is 0 Å². The molecule has 0 aliphatic heterocycles. The van der Waals surface area contributed by atoms with Gasteiger partial charge in [0.1, 0.15) is 6.10 Å². The van der Waals surface area contributed by atoms with Crippen LogP contribution in [0.3, 0.4) is 0 Å². The lowest BCUT2D eigenvalue weighted by molar-refractivity contribution is 0.221. The van der Waals surface area contributed by atoms with Crippen LogP contribution in [0.15, 0.2) is 45.6 Å². The maximum Gasteiger partial charge on any atom is 0.105 e. The summed E-state index contributed by atoms with van der Waals surface area (Å²) in [6.45, 7) is 0. The van der Waals surface area contributed by atoms with Crippen LogP contribution in [0.4, 0.5) is 0 Å². The van der Waals surface area contributed by atoms with E-state index in [2.05, 4.69) is 15.9 Å². The Balaban J connectivity index is 2.32. The quantitative estimate of drug-likeness (QED) is 0.883. The van der Waals surface area contributed by atoms with E-state index >= 15 is 0 Å². The van der Waals surface area contributed by atoms with Gasteiger partial charge in [-0.3, -0.25) is 0 Å². The highest BCUT2D eigenvalue weighted by atomic mass is 79.9. The van der Waals surface area contributed by atoms with E-state index in [1.54, 1.807) is 11.3 Å². The van der Waals surface area contributed by atoms with E-state index in [0.29, 0.717) is 0 Å². The Hall–Kier alpha value is -0.640. The van der Waals surface area contributed by atoms with Crippen LogP contribution in [0.25, 0.3) is 0 Å². The van der Waals surface area contributed by atoms with Crippen LogP contribution in [0.5, 0.6) is 0 Å². The highest BCUT2D eigenvalue weighted by Gasteiger charge is 2.10. The van der Waals surface area contributed by atoms with Gasteiger partial charge in [0.15, 0.2) is 0 Å². The van der Waals surface area contributed by atoms with Crippen molar-refractivity contribution in [1.82, 2.24) is 0 Å². The van der Waals surface area contributed by atoms with Gasteiger partial charge in [-0.2, -0.15) is 11.3 Å². The predicted molar refractivity (Wildman–Crippen MR) is 62.5 cm³/mol. The first-order valence-corrected chi connectivity index (χ1v) is 5.96. The lowest BCUT2D eigenvalue weighted by Gasteiger charge is -2.09. The fourth-order valence-electron chi connectivity index (χ4n) is 1.30. The van der Waals surface area contributed by atoms with Crippen LogP contribution in [0.2, 0.25) is 0 Å². The van der Waals surface area contributed by atoms with Gasteiger partial charge in [-0.05, 0) is 40.1 Å². The zero-order valence-electron chi connectivity index (χ0n) is 7.35. The minimum atomic E-state index is -0.515. The number of benzene rings is 1. The molecule has 3 heteroatoms. The van der Waals surface area contributed by atoms with Crippen molar-refractivity contribution in [3.8, 4) is 0 Å². The number of rotatable bonds is 2. The largest absolute Gasteiger partial charge is 0.384 e. The average Bonchev–Trinajstić information content (AvgIpc) is 2.69. The molecule has 1 heterocycles. The highest BCUT2D eigenvalue weighted by molar-refractivity contribution is 9.10. The van der Waals surface area contributed by atoms with Gasteiger partial charge in [0, 0.05) is 4.47 Å². The van der Waals surface area contributed by atoms with Crippen molar-refractivity contribution in [1.29, 1.82) is 0 Å². The smallest absolute Gasteiger partial charge is 0.105 e. The zero-order valence-corrected chi connectivity index (χ0v) is 9.75. The van der Waals surface area contributed by atoms with Crippen molar-refractivity contribution in [2.24, 2.45) is 0 Å². The van der Waals surface area contributed by atoms with Crippen molar-refractivity contribution < 1.29 is 5.11 Å². The molecule has 0 aliphatic carbocycles. The molecular weight excluding hydrogens is 260 g/mol. The van der Waals surface area contributed by atoms with Gasteiger partial charge < -0.3 is 5.11 Å². The zero-order chi connectivity index (χ0) is 9.97. The van der Waals surface area contributed by atoms with Crippen molar-refractivity contribution in [2.75, 3.05) is 0 Å². The third-order valence-electron chi connectivity index (χ3n) is 2.02. The third kappa shape index (κ3) is 2.05. The summed E-state index contributed by atoms with van der Waals surface area (Å²) in [6.07, 6.45) is -0.515. The van der Waals surface area contributed by atoms with Gasteiger partial charge >= 0.3 is 0 Å². The Morgan fingerprint density at radius 3 is 2.71 bits per heavy atom. The fourth-order valence-corrected chi connectivity index (χ4v) is 2.40. The molecule has 0 radical (unpaired) electrons. The predicted octanol–water partition coefficient (Wildman–Crippen LogP) is 3.59. The molecule has 0 spiro atoms. The second-order valence-electron chi connectivity index (χ2n) is 3.01. The van der Waals surface area contributed by atoms with E-state index in [1.807, 2.05) is 41.1 Å². The van der Waals surface area contributed by atoms with Crippen LogP contribution >= 0.6 is 27.3 Å². The third-order valence-corrected chi connectivity index (χ3v) is 3.22. The molecule has 0 aliphatic rings. The average molecular weight is 269 g/mol. The molecule has 0 saturated carbocycles. The van der Waals surface area contributed by atoms with E-state index in [-0.39, 0.29) is 0 Å². The van der Waals surface area contributed by atoms with E-state index < -0.39 is 6.10 Å². The molecule has 1 nitrogen and oxygen atoms in total. The first-order valence-electron chi connectivity index (χ1n) is 4.23. The molecule has 1 aromatic carbocycles. The molecule has 0 fully saturated rings. The lowest BCUT2D eigenvalue weighted by atomic mass is 10.1. The van der Waals surface area contributed by atoms with E-state index in [0.717, 1.165) is 15.6 Å². The van der Waals surface area contributed by atoms with Gasteiger partial charge in [-0.1, -0.05) is 28.1 Å². The van der Waals surface area contributed by atoms with Crippen molar-refractivity contribution in [3.63, 3.8) is 0 Å².